The molecule has 0 amide bonds. The molecule has 0 radical (unpaired) electrons. The average Bonchev–Trinajstić information content (AvgIpc) is 2.88. The van der Waals surface area contributed by atoms with Crippen LogP contribution in [0.4, 0.5) is 0 Å². The van der Waals surface area contributed by atoms with Crippen molar-refractivity contribution >= 4 is 11.8 Å². The van der Waals surface area contributed by atoms with Crippen LogP contribution in [0.15, 0.2) is 51.6 Å². The van der Waals surface area contributed by atoms with Crippen LogP contribution in [0.5, 0.6) is 0 Å². The maximum atomic E-state index is 6.10. The number of rotatable bonds is 6. The van der Waals surface area contributed by atoms with Crippen LogP contribution in [-0.4, -0.2) is 16.0 Å². The molecule has 1 atom stereocenters. The summed E-state index contributed by atoms with van der Waals surface area (Å²) in [5.74, 6) is 1.33. The molecule has 0 spiro atoms. The monoisotopic (exact) mass is 289 g/mol. The molecule has 0 saturated heterocycles. The van der Waals surface area contributed by atoms with Crippen LogP contribution < -0.4 is 5.73 Å². The van der Waals surface area contributed by atoms with Crippen LogP contribution in [-0.2, 0) is 6.42 Å². The maximum Gasteiger partial charge on any atom is 0.276 e. The van der Waals surface area contributed by atoms with Crippen molar-refractivity contribution < 1.29 is 4.42 Å². The largest absolute Gasteiger partial charge is 0.414 e. The third-order valence-electron chi connectivity index (χ3n) is 2.74. The molecule has 0 bridgehead atoms. The van der Waals surface area contributed by atoms with Gasteiger partial charge in [0.1, 0.15) is 0 Å². The van der Waals surface area contributed by atoms with Gasteiger partial charge in [-0.25, -0.2) is 0 Å². The van der Waals surface area contributed by atoms with E-state index in [2.05, 4.69) is 30.1 Å². The Balaban J connectivity index is 1.92. The number of benzene rings is 1. The summed E-state index contributed by atoms with van der Waals surface area (Å²) in [5.41, 5.74) is 8.54. The predicted octanol–water partition coefficient (Wildman–Crippen LogP) is 3.37. The second kappa shape index (κ2) is 7.26. The highest BCUT2D eigenvalue weighted by Crippen LogP contribution is 2.21. The lowest BCUT2D eigenvalue weighted by molar-refractivity contribution is 0.385. The van der Waals surface area contributed by atoms with E-state index < -0.39 is 0 Å². The predicted molar refractivity (Wildman–Crippen MR) is 81.5 cm³/mol. The van der Waals surface area contributed by atoms with Gasteiger partial charge in [-0.1, -0.05) is 53.7 Å². The summed E-state index contributed by atoms with van der Waals surface area (Å²) < 4.78 is 5.59. The fourth-order valence-corrected chi connectivity index (χ4v) is 2.47. The van der Waals surface area contributed by atoms with Crippen molar-refractivity contribution in [3.63, 3.8) is 0 Å². The van der Waals surface area contributed by atoms with E-state index in [9.17, 15) is 0 Å². The van der Waals surface area contributed by atoms with Crippen LogP contribution in [0, 0.1) is 0 Å². The van der Waals surface area contributed by atoms with E-state index in [1.807, 2.05) is 30.3 Å². The fraction of sp³-hybridized carbons (Fsp3) is 0.333. The molecule has 2 N–H and O–H groups in total. The molecular formula is C15H19N3OS. The van der Waals surface area contributed by atoms with Crippen molar-refractivity contribution in [1.29, 1.82) is 0 Å². The van der Waals surface area contributed by atoms with Gasteiger partial charge in [-0.15, -0.1) is 10.2 Å². The minimum Gasteiger partial charge on any atom is -0.414 e. The minimum atomic E-state index is -0.261. The van der Waals surface area contributed by atoms with Gasteiger partial charge in [-0.05, 0) is 25.8 Å². The van der Waals surface area contributed by atoms with Crippen LogP contribution in [0.25, 0.3) is 0 Å². The van der Waals surface area contributed by atoms with Crippen LogP contribution in [0.1, 0.15) is 31.3 Å². The molecule has 0 aliphatic rings. The number of nitrogens with zero attached hydrogens (tertiary/aromatic N) is 2. The summed E-state index contributed by atoms with van der Waals surface area (Å²) in [5, 5.41) is 8.61. The zero-order valence-corrected chi connectivity index (χ0v) is 12.6. The molecule has 1 unspecified atom stereocenters. The summed E-state index contributed by atoms with van der Waals surface area (Å²) in [6.07, 6.45) is 2.82. The van der Waals surface area contributed by atoms with Crippen LogP contribution in [0.3, 0.4) is 0 Å². The summed E-state index contributed by atoms with van der Waals surface area (Å²) in [4.78, 5) is 0. The molecule has 0 saturated carbocycles. The standard InChI is InChI=1S/C15H19N3OS/c1-11(2)8-9-20-15-18-17-14(19-15)13(16)10-12-6-4-3-5-7-12/h3-8,13H,9-10,16H2,1-2H3. The fourth-order valence-electron chi connectivity index (χ4n) is 1.66. The Morgan fingerprint density at radius 1 is 1.30 bits per heavy atom. The average molecular weight is 289 g/mol. The molecule has 1 aromatic carbocycles. The smallest absolute Gasteiger partial charge is 0.276 e. The normalized spacial score (nSPS) is 12.2. The molecule has 4 nitrogen and oxygen atoms in total. The Morgan fingerprint density at radius 2 is 2.05 bits per heavy atom. The van der Waals surface area contributed by atoms with E-state index in [-0.39, 0.29) is 6.04 Å². The highest BCUT2D eigenvalue weighted by Gasteiger charge is 2.15. The molecular weight excluding hydrogens is 270 g/mol. The lowest BCUT2D eigenvalue weighted by atomic mass is 10.1. The maximum absolute atomic E-state index is 6.10. The topological polar surface area (TPSA) is 64.9 Å². The van der Waals surface area contributed by atoms with Gasteiger partial charge in [0.25, 0.3) is 5.22 Å². The SMILES string of the molecule is CC(C)=CCSc1nnc(C(N)Cc2ccccc2)o1. The zero-order valence-electron chi connectivity index (χ0n) is 11.7. The molecule has 1 aromatic heterocycles. The van der Waals surface area contributed by atoms with Gasteiger partial charge < -0.3 is 10.2 Å². The molecule has 106 valence electrons. The highest BCUT2D eigenvalue weighted by atomic mass is 32.2. The number of hydrogen-bond acceptors (Lipinski definition) is 5. The first kappa shape index (κ1) is 14.8. The number of hydrogen-bond donors (Lipinski definition) is 1. The van der Waals surface area contributed by atoms with Crippen molar-refractivity contribution in [2.24, 2.45) is 5.73 Å². The first-order valence-electron chi connectivity index (χ1n) is 6.54. The molecule has 5 heteroatoms. The molecule has 0 aliphatic heterocycles. The Hall–Kier alpha value is -1.59. The first-order valence-corrected chi connectivity index (χ1v) is 7.53. The number of aromatic nitrogens is 2. The third kappa shape index (κ3) is 4.51. The van der Waals surface area contributed by atoms with Gasteiger partial charge in [-0.3, -0.25) is 0 Å². The molecule has 0 aliphatic carbocycles. The molecule has 2 aromatic rings. The van der Waals surface area contributed by atoms with E-state index in [0.717, 1.165) is 11.3 Å². The van der Waals surface area contributed by atoms with Gasteiger partial charge >= 0.3 is 0 Å². The molecule has 0 fully saturated rings. The lowest BCUT2D eigenvalue weighted by Gasteiger charge is -2.06. The first-order chi connectivity index (χ1) is 9.65. The van der Waals surface area contributed by atoms with Gasteiger partial charge in [0, 0.05) is 5.75 Å². The lowest BCUT2D eigenvalue weighted by Crippen LogP contribution is -2.13. The Bertz CT molecular complexity index is 562. The van der Waals surface area contributed by atoms with Crippen molar-refractivity contribution in [2.45, 2.75) is 31.5 Å². The van der Waals surface area contributed by atoms with Gasteiger partial charge in [0.05, 0.1) is 6.04 Å². The third-order valence-corrected chi connectivity index (χ3v) is 3.48. The second-order valence-electron chi connectivity index (χ2n) is 4.79. The summed E-state index contributed by atoms with van der Waals surface area (Å²) in [7, 11) is 0. The number of thioether (sulfide) groups is 1. The molecule has 2 rings (SSSR count). The number of allylic oxidation sites excluding steroid dienone is 1. The zero-order chi connectivity index (χ0) is 14.4. The van der Waals surface area contributed by atoms with E-state index in [0.29, 0.717) is 17.5 Å². The Kier molecular flexibility index (Phi) is 5.38. The summed E-state index contributed by atoms with van der Waals surface area (Å²) in [6, 6.07) is 9.80. The quantitative estimate of drug-likeness (QED) is 0.652. The summed E-state index contributed by atoms with van der Waals surface area (Å²) in [6.45, 7) is 4.13. The number of nitrogens with two attached hydrogens (primary N) is 1. The van der Waals surface area contributed by atoms with Gasteiger partial charge in [0.2, 0.25) is 5.89 Å². The van der Waals surface area contributed by atoms with Crippen LogP contribution >= 0.6 is 11.8 Å². The minimum absolute atomic E-state index is 0.261. The van der Waals surface area contributed by atoms with Crippen LogP contribution in [0.2, 0.25) is 0 Å². The Labute approximate surface area is 123 Å². The Morgan fingerprint density at radius 3 is 2.75 bits per heavy atom. The van der Waals surface area contributed by atoms with Crippen molar-refractivity contribution in [3.05, 3.63) is 53.4 Å². The second-order valence-corrected chi connectivity index (χ2v) is 5.77. The van der Waals surface area contributed by atoms with E-state index >= 15 is 0 Å². The van der Waals surface area contributed by atoms with E-state index in [1.54, 1.807) is 0 Å². The summed E-state index contributed by atoms with van der Waals surface area (Å²) >= 11 is 1.52. The van der Waals surface area contributed by atoms with E-state index in [1.165, 1.54) is 17.3 Å². The van der Waals surface area contributed by atoms with Crippen molar-refractivity contribution in [2.75, 3.05) is 5.75 Å². The highest BCUT2D eigenvalue weighted by molar-refractivity contribution is 7.99. The van der Waals surface area contributed by atoms with Crippen molar-refractivity contribution in [1.82, 2.24) is 10.2 Å². The molecule has 20 heavy (non-hydrogen) atoms. The van der Waals surface area contributed by atoms with Crippen molar-refractivity contribution in [3.8, 4) is 0 Å². The van der Waals surface area contributed by atoms with Gasteiger partial charge in [-0.2, -0.15) is 0 Å². The van der Waals surface area contributed by atoms with Gasteiger partial charge in [0.15, 0.2) is 0 Å². The molecule has 1 heterocycles. The van der Waals surface area contributed by atoms with E-state index in [4.69, 9.17) is 10.2 Å².